The molecule has 0 aliphatic rings. The molecule has 0 aliphatic heterocycles. The largest absolute Gasteiger partial charge is 0.495 e. The first-order valence-corrected chi connectivity index (χ1v) is 8.08. The Morgan fingerprint density at radius 3 is 2.40 bits per heavy atom. The number of ether oxygens (including phenoxy) is 3. The Hall–Kier alpha value is -2.66. The number of anilines is 1. The Bertz CT molecular complexity index is 757. The Kier molecular flexibility index (Phi) is 6.71. The molecule has 0 fully saturated rings. The van der Waals surface area contributed by atoms with E-state index in [9.17, 15) is 4.79 Å². The summed E-state index contributed by atoms with van der Waals surface area (Å²) in [6, 6.07) is 10.7. The predicted molar refractivity (Wildman–Crippen MR) is 99.8 cm³/mol. The first-order chi connectivity index (χ1) is 12.1. The van der Waals surface area contributed by atoms with Gasteiger partial charge >= 0.3 is 0 Å². The standard InChI is InChI=1S/C19H20ClNO4/c1-4-25-14-8-5-13(6-9-14)7-10-19(22)21-16-11-15(20)17(23-2)12-18(16)24-3/h5-12H,4H2,1-3H3,(H,21,22)/b10-7+. The fourth-order valence-electron chi connectivity index (χ4n) is 2.15. The molecular weight excluding hydrogens is 342 g/mol. The second-order valence-electron chi connectivity index (χ2n) is 5.01. The van der Waals surface area contributed by atoms with E-state index in [0.29, 0.717) is 28.8 Å². The molecule has 2 aromatic carbocycles. The highest BCUT2D eigenvalue weighted by molar-refractivity contribution is 6.32. The molecule has 6 heteroatoms. The smallest absolute Gasteiger partial charge is 0.248 e. The molecular formula is C19H20ClNO4. The highest BCUT2D eigenvalue weighted by atomic mass is 35.5. The molecule has 5 nitrogen and oxygen atoms in total. The maximum absolute atomic E-state index is 12.1. The van der Waals surface area contributed by atoms with Crippen LogP contribution in [0.15, 0.2) is 42.5 Å². The average Bonchev–Trinajstić information content (AvgIpc) is 2.61. The molecule has 0 aliphatic carbocycles. The van der Waals surface area contributed by atoms with Gasteiger partial charge in [-0.05, 0) is 36.8 Å². The second-order valence-corrected chi connectivity index (χ2v) is 5.42. The van der Waals surface area contributed by atoms with Crippen molar-refractivity contribution in [1.29, 1.82) is 0 Å². The van der Waals surface area contributed by atoms with Crippen molar-refractivity contribution in [2.75, 3.05) is 26.1 Å². The summed E-state index contributed by atoms with van der Waals surface area (Å²) in [5, 5.41) is 3.12. The molecule has 0 saturated carbocycles. The summed E-state index contributed by atoms with van der Waals surface area (Å²) in [7, 11) is 3.02. The number of benzene rings is 2. The van der Waals surface area contributed by atoms with Gasteiger partial charge < -0.3 is 19.5 Å². The van der Waals surface area contributed by atoms with Gasteiger partial charge in [0, 0.05) is 12.1 Å². The average molecular weight is 362 g/mol. The number of nitrogens with one attached hydrogen (secondary N) is 1. The van der Waals surface area contributed by atoms with Crippen LogP contribution in [0.3, 0.4) is 0 Å². The van der Waals surface area contributed by atoms with Crippen molar-refractivity contribution in [3.8, 4) is 17.2 Å². The van der Waals surface area contributed by atoms with Crippen LogP contribution in [0.4, 0.5) is 5.69 Å². The topological polar surface area (TPSA) is 56.8 Å². The number of carbonyl (C=O) groups is 1. The van der Waals surface area contributed by atoms with E-state index >= 15 is 0 Å². The van der Waals surface area contributed by atoms with Crippen molar-refractivity contribution in [2.45, 2.75) is 6.92 Å². The van der Waals surface area contributed by atoms with Crippen LogP contribution in [-0.4, -0.2) is 26.7 Å². The van der Waals surface area contributed by atoms with Gasteiger partial charge in [-0.2, -0.15) is 0 Å². The lowest BCUT2D eigenvalue weighted by Crippen LogP contribution is -2.09. The van der Waals surface area contributed by atoms with E-state index in [2.05, 4.69) is 5.32 Å². The highest BCUT2D eigenvalue weighted by Crippen LogP contribution is 2.35. The number of carbonyl (C=O) groups excluding carboxylic acids is 1. The third-order valence-corrected chi connectivity index (χ3v) is 3.65. The molecule has 0 atom stereocenters. The Balaban J connectivity index is 2.08. The number of hydrogen-bond donors (Lipinski definition) is 1. The lowest BCUT2D eigenvalue weighted by Gasteiger charge is -2.12. The summed E-state index contributed by atoms with van der Waals surface area (Å²) in [6.07, 6.45) is 3.15. The van der Waals surface area contributed by atoms with Gasteiger partial charge in [-0.3, -0.25) is 4.79 Å². The van der Waals surface area contributed by atoms with Crippen molar-refractivity contribution in [3.05, 3.63) is 53.1 Å². The van der Waals surface area contributed by atoms with Gasteiger partial charge in [0.15, 0.2) is 0 Å². The minimum Gasteiger partial charge on any atom is -0.495 e. The van der Waals surface area contributed by atoms with Crippen molar-refractivity contribution >= 4 is 29.3 Å². The molecule has 0 saturated heterocycles. The van der Waals surface area contributed by atoms with Gasteiger partial charge in [0.25, 0.3) is 0 Å². The van der Waals surface area contributed by atoms with Crippen LogP contribution >= 0.6 is 11.6 Å². The number of amides is 1. The van der Waals surface area contributed by atoms with E-state index in [4.69, 9.17) is 25.8 Å². The van der Waals surface area contributed by atoms with Crippen molar-refractivity contribution in [1.82, 2.24) is 0 Å². The highest BCUT2D eigenvalue weighted by Gasteiger charge is 2.11. The Morgan fingerprint density at radius 2 is 1.80 bits per heavy atom. The van der Waals surface area contributed by atoms with Crippen molar-refractivity contribution in [2.24, 2.45) is 0 Å². The molecule has 2 rings (SSSR count). The number of rotatable bonds is 7. The molecule has 1 amide bonds. The van der Waals surface area contributed by atoms with Crippen molar-refractivity contribution < 1.29 is 19.0 Å². The Labute approximate surface area is 152 Å². The fourth-order valence-corrected chi connectivity index (χ4v) is 2.39. The summed E-state index contributed by atoms with van der Waals surface area (Å²) in [6.45, 7) is 2.54. The van der Waals surface area contributed by atoms with Gasteiger partial charge in [-0.15, -0.1) is 0 Å². The molecule has 132 valence electrons. The maximum Gasteiger partial charge on any atom is 0.248 e. The third-order valence-electron chi connectivity index (χ3n) is 3.35. The first-order valence-electron chi connectivity index (χ1n) is 7.70. The second kappa shape index (κ2) is 8.99. The molecule has 1 N–H and O–H groups in total. The first kappa shape index (κ1) is 18.7. The zero-order valence-electron chi connectivity index (χ0n) is 14.3. The number of hydrogen-bond acceptors (Lipinski definition) is 4. The van der Waals surface area contributed by atoms with Crippen LogP contribution in [-0.2, 0) is 4.79 Å². The van der Waals surface area contributed by atoms with E-state index in [0.717, 1.165) is 11.3 Å². The van der Waals surface area contributed by atoms with E-state index in [1.54, 1.807) is 18.2 Å². The minimum atomic E-state index is -0.298. The lowest BCUT2D eigenvalue weighted by molar-refractivity contribution is -0.111. The van der Waals surface area contributed by atoms with E-state index in [-0.39, 0.29) is 5.91 Å². The molecule has 0 radical (unpaired) electrons. The molecule has 0 bridgehead atoms. The summed E-state index contributed by atoms with van der Waals surface area (Å²) in [5.74, 6) is 1.43. The minimum absolute atomic E-state index is 0.298. The van der Waals surface area contributed by atoms with Gasteiger partial charge in [-0.1, -0.05) is 23.7 Å². The molecule has 25 heavy (non-hydrogen) atoms. The van der Waals surface area contributed by atoms with Gasteiger partial charge in [0.2, 0.25) is 5.91 Å². The van der Waals surface area contributed by atoms with Crippen LogP contribution in [0.1, 0.15) is 12.5 Å². The number of methoxy groups -OCH3 is 2. The molecule has 0 unspecified atom stereocenters. The van der Waals surface area contributed by atoms with Crippen LogP contribution in [0, 0.1) is 0 Å². The monoisotopic (exact) mass is 361 g/mol. The summed E-state index contributed by atoms with van der Waals surface area (Å²) >= 11 is 6.09. The molecule has 0 heterocycles. The third kappa shape index (κ3) is 5.16. The van der Waals surface area contributed by atoms with Crippen LogP contribution in [0.25, 0.3) is 6.08 Å². The van der Waals surface area contributed by atoms with Crippen LogP contribution in [0.2, 0.25) is 5.02 Å². The maximum atomic E-state index is 12.1. The van der Waals surface area contributed by atoms with E-state index in [1.165, 1.54) is 20.3 Å². The molecule has 2 aromatic rings. The lowest BCUT2D eigenvalue weighted by atomic mass is 10.2. The summed E-state index contributed by atoms with van der Waals surface area (Å²) in [5.41, 5.74) is 1.35. The quantitative estimate of drug-likeness (QED) is 0.742. The normalized spacial score (nSPS) is 10.6. The number of halogens is 1. The van der Waals surface area contributed by atoms with E-state index < -0.39 is 0 Å². The predicted octanol–water partition coefficient (Wildman–Crippen LogP) is 4.41. The SMILES string of the molecule is CCOc1ccc(/C=C/C(=O)Nc2cc(Cl)c(OC)cc2OC)cc1. The zero-order valence-corrected chi connectivity index (χ0v) is 15.1. The summed E-state index contributed by atoms with van der Waals surface area (Å²) < 4.78 is 15.8. The van der Waals surface area contributed by atoms with Gasteiger partial charge in [0.1, 0.15) is 17.2 Å². The Morgan fingerprint density at radius 1 is 1.12 bits per heavy atom. The van der Waals surface area contributed by atoms with Gasteiger partial charge in [0.05, 0.1) is 31.5 Å². The van der Waals surface area contributed by atoms with Crippen molar-refractivity contribution in [3.63, 3.8) is 0 Å². The van der Waals surface area contributed by atoms with Crippen LogP contribution < -0.4 is 19.5 Å². The van der Waals surface area contributed by atoms with Gasteiger partial charge in [-0.25, -0.2) is 0 Å². The molecule has 0 spiro atoms. The van der Waals surface area contributed by atoms with Crippen LogP contribution in [0.5, 0.6) is 17.2 Å². The summed E-state index contributed by atoms with van der Waals surface area (Å²) in [4.78, 5) is 12.1. The zero-order chi connectivity index (χ0) is 18.2. The van der Waals surface area contributed by atoms with E-state index in [1.807, 2.05) is 31.2 Å². The fraction of sp³-hybridized carbons (Fsp3) is 0.211. The molecule has 0 aromatic heterocycles.